The van der Waals surface area contributed by atoms with Gasteiger partial charge in [0.15, 0.2) is 0 Å². The second kappa shape index (κ2) is 5.75. The lowest BCUT2D eigenvalue weighted by atomic mass is 9.93. The second-order valence-electron chi connectivity index (χ2n) is 4.42. The number of aromatic nitrogens is 1. The quantitative estimate of drug-likeness (QED) is 0.878. The fraction of sp³-hybridized carbons (Fsp3) is 0.750. The van der Waals surface area contributed by atoms with Crippen molar-refractivity contribution in [2.24, 2.45) is 0 Å². The van der Waals surface area contributed by atoms with Crippen molar-refractivity contribution in [2.75, 3.05) is 7.05 Å². The Morgan fingerprint density at radius 2 is 2.19 bits per heavy atom. The zero-order chi connectivity index (χ0) is 11.4. The van der Waals surface area contributed by atoms with Crippen LogP contribution in [0.15, 0.2) is 6.20 Å². The van der Waals surface area contributed by atoms with Crippen molar-refractivity contribution < 1.29 is 4.74 Å². The number of nitrogens with one attached hydrogen (secondary N) is 1. The highest BCUT2D eigenvalue weighted by Crippen LogP contribution is 2.23. The van der Waals surface area contributed by atoms with Gasteiger partial charge >= 0.3 is 0 Å². The standard InChI is InChI=1S/C12H20N2OS/c1-9-14-7-12(16-9)8-15-11-5-3-10(13-2)4-6-11/h7,10-11,13H,3-6,8H2,1-2H3. The van der Waals surface area contributed by atoms with Gasteiger partial charge in [-0.1, -0.05) is 0 Å². The van der Waals surface area contributed by atoms with Gasteiger partial charge in [0.1, 0.15) is 0 Å². The SMILES string of the molecule is CNC1CCC(OCc2cnc(C)s2)CC1. The van der Waals surface area contributed by atoms with E-state index in [-0.39, 0.29) is 0 Å². The number of ether oxygens (including phenoxy) is 1. The lowest BCUT2D eigenvalue weighted by Crippen LogP contribution is -2.32. The molecule has 4 heteroatoms. The topological polar surface area (TPSA) is 34.1 Å². The number of thiazole rings is 1. The fourth-order valence-corrected chi connectivity index (χ4v) is 2.91. The molecule has 0 amide bonds. The summed E-state index contributed by atoms with van der Waals surface area (Å²) in [6, 6.07) is 0.700. The Labute approximate surface area is 101 Å². The molecule has 0 aromatic carbocycles. The molecular weight excluding hydrogens is 220 g/mol. The van der Waals surface area contributed by atoms with Crippen LogP contribution >= 0.6 is 11.3 Å². The molecule has 2 rings (SSSR count). The summed E-state index contributed by atoms with van der Waals surface area (Å²) < 4.78 is 5.92. The van der Waals surface area contributed by atoms with Gasteiger partial charge in [-0.05, 0) is 39.7 Å². The van der Waals surface area contributed by atoms with E-state index in [9.17, 15) is 0 Å². The number of hydrogen-bond donors (Lipinski definition) is 1. The molecule has 1 fully saturated rings. The monoisotopic (exact) mass is 240 g/mol. The van der Waals surface area contributed by atoms with Gasteiger partial charge in [0.2, 0.25) is 0 Å². The Morgan fingerprint density at radius 3 is 2.75 bits per heavy atom. The molecule has 1 saturated carbocycles. The number of hydrogen-bond acceptors (Lipinski definition) is 4. The Bertz CT molecular complexity index is 319. The number of aryl methyl sites for hydroxylation is 1. The Morgan fingerprint density at radius 1 is 1.44 bits per heavy atom. The van der Waals surface area contributed by atoms with Gasteiger partial charge in [-0.3, -0.25) is 0 Å². The molecule has 1 aromatic rings. The van der Waals surface area contributed by atoms with Gasteiger partial charge < -0.3 is 10.1 Å². The molecule has 90 valence electrons. The summed E-state index contributed by atoms with van der Waals surface area (Å²) in [7, 11) is 2.05. The summed E-state index contributed by atoms with van der Waals surface area (Å²) in [6.45, 7) is 2.77. The number of nitrogens with zero attached hydrogens (tertiary/aromatic N) is 1. The van der Waals surface area contributed by atoms with Crippen LogP contribution in [0.3, 0.4) is 0 Å². The predicted octanol–water partition coefficient (Wildman–Crippen LogP) is 2.50. The van der Waals surface area contributed by atoms with Crippen molar-refractivity contribution in [2.45, 2.75) is 51.4 Å². The average Bonchev–Trinajstić information content (AvgIpc) is 2.73. The fourth-order valence-electron chi connectivity index (χ4n) is 2.19. The highest BCUT2D eigenvalue weighted by Gasteiger charge is 2.20. The third kappa shape index (κ3) is 3.27. The van der Waals surface area contributed by atoms with Crippen LogP contribution in [0.4, 0.5) is 0 Å². The van der Waals surface area contributed by atoms with Gasteiger partial charge in [0, 0.05) is 12.2 Å². The van der Waals surface area contributed by atoms with Crippen LogP contribution in [0.25, 0.3) is 0 Å². The summed E-state index contributed by atoms with van der Waals surface area (Å²) in [5, 5.41) is 4.46. The van der Waals surface area contributed by atoms with Crippen molar-refractivity contribution in [3.05, 3.63) is 16.1 Å². The molecule has 1 aromatic heterocycles. The molecule has 0 spiro atoms. The maximum atomic E-state index is 5.92. The van der Waals surface area contributed by atoms with E-state index in [1.165, 1.54) is 30.6 Å². The van der Waals surface area contributed by atoms with E-state index in [1.54, 1.807) is 11.3 Å². The van der Waals surface area contributed by atoms with E-state index in [4.69, 9.17) is 4.74 Å². The molecule has 0 unspecified atom stereocenters. The Hall–Kier alpha value is -0.450. The third-order valence-electron chi connectivity index (χ3n) is 3.21. The van der Waals surface area contributed by atoms with Crippen molar-refractivity contribution in [1.29, 1.82) is 0 Å². The molecule has 1 heterocycles. The highest BCUT2D eigenvalue weighted by atomic mass is 32.1. The molecule has 0 aliphatic heterocycles. The third-order valence-corrected chi connectivity index (χ3v) is 4.10. The molecule has 1 aliphatic rings. The summed E-state index contributed by atoms with van der Waals surface area (Å²) in [6.07, 6.45) is 7.23. The molecular formula is C12H20N2OS. The summed E-state index contributed by atoms with van der Waals surface area (Å²) in [4.78, 5) is 5.48. The first kappa shape index (κ1) is 12.0. The summed E-state index contributed by atoms with van der Waals surface area (Å²) in [5.41, 5.74) is 0. The lowest BCUT2D eigenvalue weighted by molar-refractivity contribution is 0.0131. The summed E-state index contributed by atoms with van der Waals surface area (Å²) >= 11 is 1.73. The van der Waals surface area contributed by atoms with Gasteiger partial charge in [0.05, 0.1) is 22.6 Å². The summed E-state index contributed by atoms with van der Waals surface area (Å²) in [5.74, 6) is 0. The molecule has 16 heavy (non-hydrogen) atoms. The van der Waals surface area contributed by atoms with Crippen LogP contribution in [0, 0.1) is 6.92 Å². The zero-order valence-corrected chi connectivity index (χ0v) is 10.8. The van der Waals surface area contributed by atoms with Gasteiger partial charge in [-0.2, -0.15) is 0 Å². The Kier molecular flexibility index (Phi) is 4.32. The lowest BCUT2D eigenvalue weighted by Gasteiger charge is -2.28. The maximum absolute atomic E-state index is 5.92. The molecule has 0 saturated heterocycles. The van der Waals surface area contributed by atoms with Gasteiger partial charge in [-0.25, -0.2) is 4.98 Å². The normalized spacial score (nSPS) is 25.9. The van der Waals surface area contributed by atoms with Crippen molar-refractivity contribution in [1.82, 2.24) is 10.3 Å². The van der Waals surface area contributed by atoms with Crippen LogP contribution < -0.4 is 5.32 Å². The average molecular weight is 240 g/mol. The van der Waals surface area contributed by atoms with E-state index < -0.39 is 0 Å². The van der Waals surface area contributed by atoms with Crippen LogP contribution in [0.1, 0.15) is 35.6 Å². The smallest absolute Gasteiger partial charge is 0.0897 e. The second-order valence-corrected chi connectivity index (χ2v) is 5.74. The zero-order valence-electron chi connectivity index (χ0n) is 10.0. The van der Waals surface area contributed by atoms with Crippen LogP contribution in [0.5, 0.6) is 0 Å². The van der Waals surface area contributed by atoms with Gasteiger partial charge in [0.25, 0.3) is 0 Å². The van der Waals surface area contributed by atoms with Gasteiger partial charge in [-0.15, -0.1) is 11.3 Å². The molecule has 1 N–H and O–H groups in total. The van der Waals surface area contributed by atoms with Crippen LogP contribution in [-0.2, 0) is 11.3 Å². The van der Waals surface area contributed by atoms with E-state index in [2.05, 4.69) is 10.3 Å². The van der Waals surface area contributed by atoms with E-state index >= 15 is 0 Å². The molecule has 0 bridgehead atoms. The minimum absolute atomic E-state index is 0.451. The van der Waals surface area contributed by atoms with E-state index in [0.29, 0.717) is 12.1 Å². The minimum Gasteiger partial charge on any atom is -0.373 e. The first-order chi connectivity index (χ1) is 7.78. The molecule has 3 nitrogen and oxygen atoms in total. The molecule has 1 aliphatic carbocycles. The van der Waals surface area contributed by atoms with E-state index in [1.807, 2.05) is 20.2 Å². The number of rotatable bonds is 4. The first-order valence-electron chi connectivity index (χ1n) is 5.98. The van der Waals surface area contributed by atoms with Crippen LogP contribution in [0.2, 0.25) is 0 Å². The minimum atomic E-state index is 0.451. The van der Waals surface area contributed by atoms with Crippen molar-refractivity contribution in [3.63, 3.8) is 0 Å². The first-order valence-corrected chi connectivity index (χ1v) is 6.79. The largest absolute Gasteiger partial charge is 0.373 e. The highest BCUT2D eigenvalue weighted by molar-refractivity contribution is 7.11. The predicted molar refractivity (Wildman–Crippen MR) is 66.7 cm³/mol. The van der Waals surface area contributed by atoms with Crippen LogP contribution in [-0.4, -0.2) is 24.2 Å². The van der Waals surface area contributed by atoms with Crippen molar-refractivity contribution >= 4 is 11.3 Å². The molecule has 0 atom stereocenters. The maximum Gasteiger partial charge on any atom is 0.0897 e. The van der Waals surface area contributed by atoms with Crippen molar-refractivity contribution in [3.8, 4) is 0 Å². The Balaban J connectivity index is 1.71. The molecule has 0 radical (unpaired) electrons. The van der Waals surface area contributed by atoms with E-state index in [0.717, 1.165) is 11.6 Å².